The first-order valence-electron chi connectivity index (χ1n) is 7.04. The molecule has 3 rings (SSSR count). The number of para-hydroxylation sites is 2. The second-order valence-electron chi connectivity index (χ2n) is 4.58. The second kappa shape index (κ2) is 8.80. The van der Waals surface area contributed by atoms with E-state index in [0.717, 1.165) is 16.6 Å². The fourth-order valence-corrected chi connectivity index (χ4v) is 2.11. The minimum atomic E-state index is 0.322. The number of hydrogen-bond acceptors (Lipinski definition) is 5. The zero-order valence-electron chi connectivity index (χ0n) is 13.0. The first kappa shape index (κ1) is 16.8. The first-order valence-corrected chi connectivity index (χ1v) is 8.26. The van der Waals surface area contributed by atoms with Crippen LogP contribution in [0.1, 0.15) is 5.69 Å². The fourth-order valence-electron chi connectivity index (χ4n) is 1.69. The Bertz CT molecular complexity index is 722. The topological polar surface area (TPSA) is 55.2 Å². The van der Waals surface area contributed by atoms with Gasteiger partial charge in [0.05, 0.1) is 0 Å². The number of phenolic OH excluding ortho intramolecular Hbond substituents is 1. The van der Waals surface area contributed by atoms with Gasteiger partial charge in [-0.25, -0.2) is 4.98 Å². The van der Waals surface area contributed by atoms with Crippen LogP contribution in [0.2, 0.25) is 0 Å². The van der Waals surface area contributed by atoms with Gasteiger partial charge >= 0.3 is 0 Å². The van der Waals surface area contributed by atoms with Crippen LogP contribution in [0.3, 0.4) is 0 Å². The fraction of sp³-hybridized carbons (Fsp3) is 0.111. The van der Waals surface area contributed by atoms with Gasteiger partial charge in [-0.1, -0.05) is 48.2 Å². The van der Waals surface area contributed by atoms with E-state index in [2.05, 4.69) is 9.97 Å². The van der Waals surface area contributed by atoms with Crippen LogP contribution in [0.15, 0.2) is 71.9 Å². The van der Waals surface area contributed by atoms with E-state index in [0.29, 0.717) is 11.6 Å². The molecule has 1 N–H and O–H groups in total. The molecule has 3 aromatic rings. The quantitative estimate of drug-likeness (QED) is 0.559. The van der Waals surface area contributed by atoms with Gasteiger partial charge in [-0.3, -0.25) is 0 Å². The lowest BCUT2D eigenvalue weighted by molar-refractivity contribution is 0.454. The van der Waals surface area contributed by atoms with Crippen molar-refractivity contribution < 1.29 is 9.84 Å². The molecule has 4 nitrogen and oxygen atoms in total. The number of aromatic nitrogens is 2. The van der Waals surface area contributed by atoms with Gasteiger partial charge in [0.2, 0.25) is 5.88 Å². The number of phenols is 1. The van der Waals surface area contributed by atoms with Gasteiger partial charge in [-0.05, 0) is 37.4 Å². The molecule has 0 radical (unpaired) electrons. The molecule has 0 unspecified atom stereocenters. The Hall–Kier alpha value is -2.53. The summed E-state index contributed by atoms with van der Waals surface area (Å²) in [6, 6.07) is 20.1. The van der Waals surface area contributed by atoms with Crippen molar-refractivity contribution in [3.05, 3.63) is 72.4 Å². The first-order chi connectivity index (χ1) is 11.2. The van der Waals surface area contributed by atoms with E-state index >= 15 is 0 Å². The molecule has 0 aliphatic heterocycles. The average molecular weight is 326 g/mol. The van der Waals surface area contributed by atoms with E-state index in [1.807, 2.05) is 55.6 Å². The Balaban J connectivity index is 0.000000229. The van der Waals surface area contributed by atoms with Gasteiger partial charge < -0.3 is 9.84 Å². The summed E-state index contributed by atoms with van der Waals surface area (Å²) in [5.74, 6) is 1.69. The van der Waals surface area contributed by atoms with Gasteiger partial charge in [-0.15, -0.1) is 0 Å². The summed E-state index contributed by atoms with van der Waals surface area (Å²) in [6.45, 7) is 1.93. The summed E-state index contributed by atoms with van der Waals surface area (Å²) < 4.78 is 5.64. The van der Waals surface area contributed by atoms with E-state index in [1.165, 1.54) is 11.8 Å². The van der Waals surface area contributed by atoms with Crippen molar-refractivity contribution in [2.45, 2.75) is 12.1 Å². The van der Waals surface area contributed by atoms with E-state index in [4.69, 9.17) is 9.84 Å². The maximum atomic E-state index is 8.63. The molecule has 118 valence electrons. The lowest BCUT2D eigenvalue weighted by Gasteiger charge is -2.06. The molecule has 0 aliphatic carbocycles. The van der Waals surface area contributed by atoms with Gasteiger partial charge in [0.25, 0.3) is 0 Å². The molecule has 0 saturated carbocycles. The third-order valence-electron chi connectivity index (χ3n) is 2.71. The standard InChI is InChI=1S/C12H12N2OS.C6H6O/c1-9-8-11(14-12(13-9)16-2)15-10-6-4-3-5-7-10;7-6-4-2-1-3-5-6/h3-8H,1-2H3;1-5,7H. The van der Waals surface area contributed by atoms with Gasteiger partial charge in [-0.2, -0.15) is 4.98 Å². The Morgan fingerprint density at radius 1 is 0.913 bits per heavy atom. The maximum absolute atomic E-state index is 8.63. The molecule has 0 saturated heterocycles. The lowest BCUT2D eigenvalue weighted by atomic mass is 10.3. The number of ether oxygens (including phenoxy) is 1. The highest BCUT2D eigenvalue weighted by Crippen LogP contribution is 2.21. The Morgan fingerprint density at radius 3 is 2.04 bits per heavy atom. The smallest absolute Gasteiger partial charge is 0.223 e. The van der Waals surface area contributed by atoms with Crippen LogP contribution in [0.25, 0.3) is 0 Å². The molecule has 0 spiro atoms. The molecular weight excluding hydrogens is 308 g/mol. The Labute approximate surface area is 140 Å². The van der Waals surface area contributed by atoms with Crippen molar-refractivity contribution in [2.75, 3.05) is 6.26 Å². The molecule has 0 fully saturated rings. The third-order valence-corrected chi connectivity index (χ3v) is 3.26. The molecule has 1 aromatic heterocycles. The van der Waals surface area contributed by atoms with Crippen molar-refractivity contribution in [3.63, 3.8) is 0 Å². The SMILES string of the molecule is CSc1nc(C)cc(Oc2ccccc2)n1.Oc1ccccc1. The minimum absolute atomic E-state index is 0.322. The molecule has 2 aromatic carbocycles. The van der Waals surface area contributed by atoms with Crippen LogP contribution in [0.5, 0.6) is 17.4 Å². The van der Waals surface area contributed by atoms with Gasteiger partial charge in [0, 0.05) is 11.8 Å². The van der Waals surface area contributed by atoms with Crippen LogP contribution < -0.4 is 4.74 Å². The molecule has 0 aliphatic rings. The lowest BCUT2D eigenvalue weighted by Crippen LogP contribution is -1.94. The van der Waals surface area contributed by atoms with Crippen LogP contribution in [0.4, 0.5) is 0 Å². The van der Waals surface area contributed by atoms with Crippen molar-refractivity contribution in [1.29, 1.82) is 0 Å². The second-order valence-corrected chi connectivity index (χ2v) is 5.36. The summed E-state index contributed by atoms with van der Waals surface area (Å²) >= 11 is 1.51. The summed E-state index contributed by atoms with van der Waals surface area (Å²) in [6.07, 6.45) is 1.95. The minimum Gasteiger partial charge on any atom is -0.508 e. The molecule has 0 bridgehead atoms. The monoisotopic (exact) mass is 326 g/mol. The van der Waals surface area contributed by atoms with E-state index in [1.54, 1.807) is 24.3 Å². The molecule has 5 heteroatoms. The van der Waals surface area contributed by atoms with Gasteiger partial charge in [0.1, 0.15) is 11.5 Å². The zero-order valence-corrected chi connectivity index (χ0v) is 13.8. The highest BCUT2D eigenvalue weighted by molar-refractivity contribution is 7.98. The predicted molar refractivity (Wildman–Crippen MR) is 93.2 cm³/mol. The largest absolute Gasteiger partial charge is 0.508 e. The molecule has 23 heavy (non-hydrogen) atoms. The van der Waals surface area contributed by atoms with Crippen LogP contribution >= 0.6 is 11.8 Å². The van der Waals surface area contributed by atoms with Crippen LogP contribution in [-0.4, -0.2) is 21.3 Å². The Kier molecular flexibility index (Phi) is 6.44. The normalized spacial score (nSPS) is 9.65. The third kappa shape index (κ3) is 6.00. The molecule has 0 atom stereocenters. The van der Waals surface area contributed by atoms with Crippen molar-refractivity contribution >= 4 is 11.8 Å². The van der Waals surface area contributed by atoms with E-state index in [9.17, 15) is 0 Å². The van der Waals surface area contributed by atoms with Gasteiger partial charge in [0.15, 0.2) is 5.16 Å². The number of aryl methyl sites for hydroxylation is 1. The predicted octanol–water partition coefficient (Wildman–Crippen LogP) is 4.69. The van der Waals surface area contributed by atoms with Crippen LogP contribution in [0, 0.1) is 6.92 Å². The van der Waals surface area contributed by atoms with E-state index in [-0.39, 0.29) is 0 Å². The number of benzene rings is 2. The summed E-state index contributed by atoms with van der Waals surface area (Å²) in [7, 11) is 0. The zero-order chi connectivity index (χ0) is 16.5. The van der Waals surface area contributed by atoms with Crippen molar-refractivity contribution in [1.82, 2.24) is 9.97 Å². The number of hydrogen-bond donors (Lipinski definition) is 1. The molecular formula is C18H18N2O2S. The summed E-state index contributed by atoms with van der Waals surface area (Å²) in [5.41, 5.74) is 0.908. The highest BCUT2D eigenvalue weighted by atomic mass is 32.2. The summed E-state index contributed by atoms with van der Waals surface area (Å²) in [4.78, 5) is 8.54. The number of rotatable bonds is 3. The maximum Gasteiger partial charge on any atom is 0.223 e. The van der Waals surface area contributed by atoms with Crippen molar-refractivity contribution in [3.8, 4) is 17.4 Å². The Morgan fingerprint density at radius 2 is 1.52 bits per heavy atom. The summed E-state index contributed by atoms with van der Waals surface area (Å²) in [5, 5.41) is 9.36. The highest BCUT2D eigenvalue weighted by Gasteiger charge is 2.03. The molecule has 0 amide bonds. The average Bonchev–Trinajstić information content (AvgIpc) is 2.56. The van der Waals surface area contributed by atoms with Crippen LogP contribution in [-0.2, 0) is 0 Å². The number of thioether (sulfide) groups is 1. The van der Waals surface area contributed by atoms with E-state index < -0.39 is 0 Å². The molecule has 1 heterocycles. The number of nitrogens with zero attached hydrogens (tertiary/aromatic N) is 2. The number of aromatic hydroxyl groups is 1. The van der Waals surface area contributed by atoms with Crippen molar-refractivity contribution in [2.24, 2.45) is 0 Å².